The van der Waals surface area contributed by atoms with Crippen LogP contribution in [0.5, 0.6) is 0 Å². The second-order valence-electron chi connectivity index (χ2n) is 6.59. The molecule has 1 heterocycles. The Labute approximate surface area is 132 Å². The van der Waals surface area contributed by atoms with E-state index in [1.807, 2.05) is 30.3 Å². The zero-order valence-corrected chi connectivity index (χ0v) is 14.0. The second-order valence-corrected chi connectivity index (χ2v) is 6.59. The molecule has 2 N–H and O–H groups in total. The summed E-state index contributed by atoms with van der Waals surface area (Å²) >= 11 is 0. The summed E-state index contributed by atoms with van der Waals surface area (Å²) in [5.41, 5.74) is 1.68. The summed E-state index contributed by atoms with van der Waals surface area (Å²) in [4.78, 5) is 17.3. The first-order valence-corrected chi connectivity index (χ1v) is 7.95. The van der Waals surface area contributed by atoms with Gasteiger partial charge in [-0.2, -0.15) is 0 Å². The van der Waals surface area contributed by atoms with Gasteiger partial charge in [0.05, 0.1) is 0 Å². The van der Waals surface area contributed by atoms with Crippen LogP contribution in [0.2, 0.25) is 0 Å². The number of nitrogens with one attached hydrogen (secondary N) is 2. The van der Waals surface area contributed by atoms with Crippen molar-refractivity contribution in [1.82, 2.24) is 15.2 Å². The van der Waals surface area contributed by atoms with E-state index in [1.165, 1.54) is 0 Å². The SMILES string of the molecule is CC(C)CC(CNCc1cc2ccccc2[nH]c1=O)N(C)C. The maximum absolute atomic E-state index is 12.1. The smallest absolute Gasteiger partial charge is 0.252 e. The minimum atomic E-state index is -0.00328. The van der Waals surface area contributed by atoms with Crippen molar-refractivity contribution in [2.24, 2.45) is 5.92 Å². The molecule has 1 unspecified atom stereocenters. The Balaban J connectivity index is 2.02. The molecule has 0 saturated carbocycles. The molecule has 4 nitrogen and oxygen atoms in total. The largest absolute Gasteiger partial charge is 0.322 e. The lowest BCUT2D eigenvalue weighted by Crippen LogP contribution is -2.39. The standard InChI is InChI=1S/C18H27N3O/c1-13(2)9-16(21(3)4)12-19-11-15-10-14-7-5-6-8-17(14)20-18(15)22/h5-8,10,13,16,19H,9,11-12H2,1-4H3,(H,20,22). The molecule has 4 heteroatoms. The summed E-state index contributed by atoms with van der Waals surface area (Å²) in [7, 11) is 4.22. The predicted octanol–water partition coefficient (Wildman–Crippen LogP) is 2.59. The molecule has 1 aromatic heterocycles. The van der Waals surface area contributed by atoms with Crippen LogP contribution in [0.1, 0.15) is 25.8 Å². The molecule has 0 aliphatic carbocycles. The minimum absolute atomic E-state index is 0.00328. The first-order chi connectivity index (χ1) is 10.5. The van der Waals surface area contributed by atoms with E-state index in [-0.39, 0.29) is 5.56 Å². The van der Waals surface area contributed by atoms with Crippen molar-refractivity contribution in [3.63, 3.8) is 0 Å². The molecule has 22 heavy (non-hydrogen) atoms. The summed E-state index contributed by atoms with van der Waals surface area (Å²) in [6.45, 7) is 5.97. The zero-order valence-electron chi connectivity index (χ0n) is 14.0. The molecule has 2 aromatic rings. The molecule has 0 aliphatic heterocycles. The van der Waals surface area contributed by atoms with Gasteiger partial charge < -0.3 is 15.2 Å². The van der Waals surface area contributed by atoms with Crippen molar-refractivity contribution < 1.29 is 0 Å². The van der Waals surface area contributed by atoms with Gasteiger partial charge in [-0.1, -0.05) is 32.0 Å². The predicted molar refractivity (Wildman–Crippen MR) is 93.2 cm³/mol. The number of H-pyrrole nitrogens is 1. The first kappa shape index (κ1) is 16.7. The lowest BCUT2D eigenvalue weighted by Gasteiger charge is -2.26. The molecule has 120 valence electrons. The lowest BCUT2D eigenvalue weighted by molar-refractivity contribution is 0.246. The van der Waals surface area contributed by atoms with Crippen LogP contribution in [0.15, 0.2) is 35.1 Å². The highest BCUT2D eigenvalue weighted by atomic mass is 16.1. The van der Waals surface area contributed by atoms with Gasteiger partial charge in [0.1, 0.15) is 0 Å². The molecule has 0 amide bonds. The van der Waals surface area contributed by atoms with E-state index in [4.69, 9.17) is 0 Å². The van der Waals surface area contributed by atoms with E-state index >= 15 is 0 Å². The molecular formula is C18H27N3O. The van der Waals surface area contributed by atoms with E-state index in [0.29, 0.717) is 18.5 Å². The number of nitrogens with zero attached hydrogens (tertiary/aromatic N) is 1. The van der Waals surface area contributed by atoms with Crippen molar-refractivity contribution in [2.75, 3.05) is 20.6 Å². The average Bonchev–Trinajstić information content (AvgIpc) is 2.46. The van der Waals surface area contributed by atoms with E-state index < -0.39 is 0 Å². The summed E-state index contributed by atoms with van der Waals surface area (Å²) in [5.74, 6) is 0.665. The van der Waals surface area contributed by atoms with Crippen LogP contribution in [0.25, 0.3) is 10.9 Å². The molecule has 1 aromatic carbocycles. The fourth-order valence-electron chi connectivity index (χ4n) is 2.72. The Morgan fingerprint density at radius 1 is 1.23 bits per heavy atom. The molecule has 2 rings (SSSR count). The van der Waals surface area contributed by atoms with Crippen LogP contribution < -0.4 is 10.9 Å². The Hall–Kier alpha value is -1.65. The molecule has 1 atom stereocenters. The summed E-state index contributed by atoms with van der Waals surface area (Å²) < 4.78 is 0. The normalized spacial score (nSPS) is 13.2. The third kappa shape index (κ3) is 4.42. The van der Waals surface area contributed by atoms with Crippen LogP contribution in [0.4, 0.5) is 0 Å². The summed E-state index contributed by atoms with van der Waals surface area (Å²) in [6.07, 6.45) is 1.15. The fraction of sp³-hybridized carbons (Fsp3) is 0.500. The third-order valence-electron chi connectivity index (χ3n) is 4.00. The average molecular weight is 301 g/mol. The van der Waals surface area contributed by atoms with Crippen molar-refractivity contribution >= 4 is 10.9 Å². The molecule has 0 aliphatic rings. The number of fused-ring (bicyclic) bond motifs is 1. The number of aromatic amines is 1. The highest BCUT2D eigenvalue weighted by molar-refractivity contribution is 5.78. The van der Waals surface area contributed by atoms with Gasteiger partial charge in [-0.15, -0.1) is 0 Å². The number of rotatable bonds is 7. The maximum atomic E-state index is 12.1. The number of hydrogen-bond donors (Lipinski definition) is 2. The highest BCUT2D eigenvalue weighted by Crippen LogP contribution is 2.11. The number of para-hydroxylation sites is 1. The second kappa shape index (κ2) is 7.56. The fourth-order valence-corrected chi connectivity index (χ4v) is 2.72. The highest BCUT2D eigenvalue weighted by Gasteiger charge is 2.13. The van der Waals surface area contributed by atoms with Crippen molar-refractivity contribution in [1.29, 1.82) is 0 Å². The third-order valence-corrected chi connectivity index (χ3v) is 4.00. The number of hydrogen-bond acceptors (Lipinski definition) is 3. The molecule has 0 spiro atoms. The topological polar surface area (TPSA) is 48.1 Å². The van der Waals surface area contributed by atoms with Crippen LogP contribution in [0, 0.1) is 5.92 Å². The Morgan fingerprint density at radius 2 is 1.95 bits per heavy atom. The minimum Gasteiger partial charge on any atom is -0.322 e. The van der Waals surface area contributed by atoms with Crippen molar-refractivity contribution in [2.45, 2.75) is 32.9 Å². The molecule has 0 fully saturated rings. The van der Waals surface area contributed by atoms with E-state index in [1.54, 1.807) is 0 Å². The summed E-state index contributed by atoms with van der Waals surface area (Å²) in [6, 6.07) is 10.3. The van der Waals surface area contributed by atoms with E-state index in [9.17, 15) is 4.79 Å². The number of pyridine rings is 1. The zero-order chi connectivity index (χ0) is 16.1. The van der Waals surface area contributed by atoms with E-state index in [0.717, 1.165) is 29.4 Å². The quantitative estimate of drug-likeness (QED) is 0.826. The van der Waals surface area contributed by atoms with Crippen molar-refractivity contribution in [3.8, 4) is 0 Å². The van der Waals surface area contributed by atoms with Crippen molar-refractivity contribution in [3.05, 3.63) is 46.2 Å². The first-order valence-electron chi connectivity index (χ1n) is 7.95. The molecule has 0 radical (unpaired) electrons. The number of aromatic nitrogens is 1. The van der Waals surface area contributed by atoms with Gasteiger partial charge in [-0.3, -0.25) is 4.79 Å². The van der Waals surface area contributed by atoms with Gasteiger partial charge in [-0.05, 0) is 44.0 Å². The van der Waals surface area contributed by atoms with Gasteiger partial charge in [0.25, 0.3) is 5.56 Å². The van der Waals surface area contributed by atoms with Gasteiger partial charge in [-0.25, -0.2) is 0 Å². The van der Waals surface area contributed by atoms with Gasteiger partial charge in [0, 0.05) is 30.2 Å². The van der Waals surface area contributed by atoms with Gasteiger partial charge >= 0.3 is 0 Å². The van der Waals surface area contributed by atoms with E-state index in [2.05, 4.69) is 43.1 Å². The van der Waals surface area contributed by atoms with Crippen LogP contribution in [-0.2, 0) is 6.54 Å². The van der Waals surface area contributed by atoms with Gasteiger partial charge in [0.15, 0.2) is 0 Å². The van der Waals surface area contributed by atoms with Gasteiger partial charge in [0.2, 0.25) is 0 Å². The number of benzene rings is 1. The van der Waals surface area contributed by atoms with Crippen LogP contribution in [-0.4, -0.2) is 36.6 Å². The molecule has 0 saturated heterocycles. The number of likely N-dealkylation sites (N-methyl/N-ethyl adjacent to an activating group) is 1. The maximum Gasteiger partial charge on any atom is 0.252 e. The van der Waals surface area contributed by atoms with Crippen LogP contribution >= 0.6 is 0 Å². The Kier molecular flexibility index (Phi) is 5.75. The Bertz CT molecular complexity index is 661. The lowest BCUT2D eigenvalue weighted by atomic mass is 10.0. The monoisotopic (exact) mass is 301 g/mol. The Morgan fingerprint density at radius 3 is 2.64 bits per heavy atom. The summed E-state index contributed by atoms with van der Waals surface area (Å²) in [5, 5.41) is 4.51. The molecule has 0 bridgehead atoms. The van der Waals surface area contributed by atoms with Crippen LogP contribution in [0.3, 0.4) is 0 Å². The molecular weight excluding hydrogens is 274 g/mol.